The molecule has 0 aliphatic carbocycles. The van der Waals surface area contributed by atoms with E-state index >= 15 is 0 Å². The third kappa shape index (κ3) is 3.68. The molecule has 2 aromatic rings. The van der Waals surface area contributed by atoms with E-state index in [2.05, 4.69) is 4.98 Å². The maximum absolute atomic E-state index is 13.0. The molecule has 0 unspecified atom stereocenters. The van der Waals surface area contributed by atoms with E-state index in [4.69, 9.17) is 16.3 Å². The minimum Gasteiger partial charge on any atom is -0.470 e. The molecule has 1 saturated heterocycles. The molecule has 0 N–H and O–H groups in total. The van der Waals surface area contributed by atoms with Gasteiger partial charge in [0.25, 0.3) is 5.91 Å². The normalized spacial score (nSPS) is 15.0. The van der Waals surface area contributed by atoms with Crippen LogP contribution < -0.4 is 4.74 Å². The Morgan fingerprint density at radius 1 is 1.28 bits per heavy atom. The van der Waals surface area contributed by atoms with E-state index in [-0.39, 0.29) is 23.7 Å². The maximum atomic E-state index is 13.0. The summed E-state index contributed by atoms with van der Waals surface area (Å²) in [6, 6.07) is 5.43. The molecule has 9 heteroatoms. The summed E-state index contributed by atoms with van der Waals surface area (Å²) in [6.45, 7) is 0.167. The van der Waals surface area contributed by atoms with Gasteiger partial charge in [-0.25, -0.2) is 9.37 Å². The number of amides is 1. The number of carbonyl (C=O) groups excluding carboxylic acids is 1. The van der Waals surface area contributed by atoms with Crippen LogP contribution in [0.2, 0.25) is 5.02 Å². The van der Waals surface area contributed by atoms with Gasteiger partial charge in [-0.15, -0.1) is 0 Å². The second kappa shape index (κ2) is 6.51. The number of pyridine rings is 1. The fourth-order valence-electron chi connectivity index (χ4n) is 2.37. The highest BCUT2D eigenvalue weighted by atomic mass is 35.5. The van der Waals surface area contributed by atoms with E-state index in [1.807, 2.05) is 0 Å². The fraction of sp³-hybridized carbons (Fsp3) is 0.250. The number of hydrogen-bond acceptors (Lipinski definition) is 3. The quantitative estimate of drug-likeness (QED) is 0.768. The van der Waals surface area contributed by atoms with Crippen LogP contribution in [0.4, 0.5) is 17.6 Å². The molecule has 4 nitrogen and oxygen atoms in total. The second-order valence-corrected chi connectivity index (χ2v) is 5.84. The standard InChI is InChI=1S/C16H11ClF4N2O2/c17-13-6-9(18)3-4-11(13)15(24)23-7-10(8-23)25-14-12(16(19,20)21)2-1-5-22-14/h1-6,10H,7-8H2. The predicted octanol–water partition coefficient (Wildman–Crippen LogP) is 3.80. The highest BCUT2D eigenvalue weighted by Gasteiger charge is 2.38. The average Bonchev–Trinajstić information content (AvgIpc) is 2.49. The molecule has 2 heterocycles. The lowest BCUT2D eigenvalue weighted by molar-refractivity contribution is -0.140. The first-order chi connectivity index (χ1) is 11.8. The van der Waals surface area contributed by atoms with Gasteiger partial charge in [-0.3, -0.25) is 4.79 Å². The number of carbonyl (C=O) groups is 1. The Morgan fingerprint density at radius 2 is 2.00 bits per heavy atom. The molecule has 3 rings (SSSR count). The molecule has 0 spiro atoms. The van der Waals surface area contributed by atoms with Crippen molar-refractivity contribution in [1.82, 2.24) is 9.88 Å². The largest absolute Gasteiger partial charge is 0.470 e. The molecule has 1 amide bonds. The number of rotatable bonds is 3. The summed E-state index contributed by atoms with van der Waals surface area (Å²) in [7, 11) is 0. The topological polar surface area (TPSA) is 42.4 Å². The average molecular weight is 375 g/mol. The lowest BCUT2D eigenvalue weighted by atomic mass is 10.1. The van der Waals surface area contributed by atoms with Gasteiger partial charge in [0, 0.05) is 6.20 Å². The van der Waals surface area contributed by atoms with Gasteiger partial charge in [-0.05, 0) is 30.3 Å². The van der Waals surface area contributed by atoms with E-state index in [9.17, 15) is 22.4 Å². The van der Waals surface area contributed by atoms with Crippen LogP contribution in [0.1, 0.15) is 15.9 Å². The summed E-state index contributed by atoms with van der Waals surface area (Å²) in [6.07, 6.45) is -3.99. The van der Waals surface area contributed by atoms with Crippen molar-refractivity contribution < 1.29 is 27.1 Å². The first-order valence-electron chi connectivity index (χ1n) is 7.19. The zero-order valence-corrected chi connectivity index (χ0v) is 13.3. The molecule has 1 aromatic heterocycles. The highest BCUT2D eigenvalue weighted by Crippen LogP contribution is 2.35. The molecule has 0 atom stereocenters. The Morgan fingerprint density at radius 3 is 2.64 bits per heavy atom. The summed E-state index contributed by atoms with van der Waals surface area (Å²) in [4.78, 5) is 17.2. The number of alkyl halides is 3. The van der Waals surface area contributed by atoms with Crippen LogP contribution >= 0.6 is 11.6 Å². The van der Waals surface area contributed by atoms with Crippen molar-refractivity contribution in [2.45, 2.75) is 12.3 Å². The Balaban J connectivity index is 1.65. The second-order valence-electron chi connectivity index (χ2n) is 5.43. The summed E-state index contributed by atoms with van der Waals surface area (Å²) in [5, 5.41) is -0.0292. The van der Waals surface area contributed by atoms with Gasteiger partial charge in [0.15, 0.2) is 0 Å². The zero-order chi connectivity index (χ0) is 18.2. The molecular formula is C16H11ClF4N2O2. The molecule has 25 heavy (non-hydrogen) atoms. The molecule has 132 valence electrons. The third-order valence-corrected chi connectivity index (χ3v) is 3.96. The van der Waals surface area contributed by atoms with Gasteiger partial charge in [-0.2, -0.15) is 13.2 Å². The molecule has 1 fully saturated rings. The molecule has 0 radical (unpaired) electrons. The summed E-state index contributed by atoms with van der Waals surface area (Å²) in [5.74, 6) is -1.53. The van der Waals surface area contributed by atoms with E-state index < -0.39 is 35.4 Å². The van der Waals surface area contributed by atoms with Crippen molar-refractivity contribution in [2.75, 3.05) is 13.1 Å². The van der Waals surface area contributed by atoms with Crippen LogP contribution in [0.15, 0.2) is 36.5 Å². The lowest BCUT2D eigenvalue weighted by Crippen LogP contribution is -2.56. The van der Waals surface area contributed by atoms with E-state index in [1.165, 1.54) is 23.2 Å². The minimum absolute atomic E-state index is 0.0292. The van der Waals surface area contributed by atoms with Crippen LogP contribution in [0, 0.1) is 5.82 Å². The van der Waals surface area contributed by atoms with Crippen molar-refractivity contribution in [1.29, 1.82) is 0 Å². The van der Waals surface area contributed by atoms with Crippen LogP contribution in [0.5, 0.6) is 5.88 Å². The first kappa shape index (κ1) is 17.5. The Bertz CT molecular complexity index is 807. The lowest BCUT2D eigenvalue weighted by Gasteiger charge is -2.39. The number of ether oxygens (including phenoxy) is 1. The minimum atomic E-state index is -4.58. The Labute approximate surface area is 145 Å². The molecule has 1 aromatic carbocycles. The van der Waals surface area contributed by atoms with Gasteiger partial charge in [-0.1, -0.05) is 11.6 Å². The van der Waals surface area contributed by atoms with Gasteiger partial charge in [0.2, 0.25) is 5.88 Å². The van der Waals surface area contributed by atoms with E-state index in [1.54, 1.807) is 0 Å². The first-order valence-corrected chi connectivity index (χ1v) is 7.56. The van der Waals surface area contributed by atoms with E-state index in [0.29, 0.717) is 0 Å². The summed E-state index contributed by atoms with van der Waals surface area (Å²) >= 11 is 5.83. The Hall–Kier alpha value is -2.35. The monoisotopic (exact) mass is 374 g/mol. The number of hydrogen-bond donors (Lipinski definition) is 0. The van der Waals surface area contributed by atoms with E-state index in [0.717, 1.165) is 18.2 Å². The number of nitrogens with zero attached hydrogens (tertiary/aromatic N) is 2. The number of aromatic nitrogens is 1. The predicted molar refractivity (Wildman–Crippen MR) is 81.0 cm³/mol. The summed E-state index contributed by atoms with van der Waals surface area (Å²) < 4.78 is 57.0. The van der Waals surface area contributed by atoms with Crippen molar-refractivity contribution in [3.63, 3.8) is 0 Å². The van der Waals surface area contributed by atoms with Crippen molar-refractivity contribution in [3.8, 4) is 5.88 Å². The Kier molecular flexibility index (Phi) is 4.55. The zero-order valence-electron chi connectivity index (χ0n) is 12.6. The van der Waals surface area contributed by atoms with Crippen molar-refractivity contribution in [3.05, 3.63) is 58.5 Å². The molecule has 0 bridgehead atoms. The molecular weight excluding hydrogens is 364 g/mol. The smallest absolute Gasteiger partial charge is 0.421 e. The van der Waals surface area contributed by atoms with Crippen LogP contribution in [0.25, 0.3) is 0 Å². The van der Waals surface area contributed by atoms with Gasteiger partial charge >= 0.3 is 6.18 Å². The number of halogens is 5. The fourth-order valence-corrected chi connectivity index (χ4v) is 2.62. The SMILES string of the molecule is O=C(c1ccc(F)cc1Cl)N1CC(Oc2ncccc2C(F)(F)F)C1. The van der Waals surface area contributed by atoms with Crippen molar-refractivity contribution in [2.24, 2.45) is 0 Å². The van der Waals surface area contributed by atoms with Crippen molar-refractivity contribution >= 4 is 17.5 Å². The third-order valence-electron chi connectivity index (χ3n) is 3.65. The molecule has 1 aliphatic heterocycles. The van der Waals surface area contributed by atoms with Gasteiger partial charge in [0.1, 0.15) is 17.5 Å². The summed E-state index contributed by atoms with van der Waals surface area (Å²) in [5.41, 5.74) is -0.850. The number of likely N-dealkylation sites (tertiary alicyclic amines) is 1. The maximum Gasteiger partial charge on any atom is 0.421 e. The van der Waals surface area contributed by atoms with Crippen LogP contribution in [-0.4, -0.2) is 35.0 Å². The van der Waals surface area contributed by atoms with Crippen LogP contribution in [-0.2, 0) is 6.18 Å². The van der Waals surface area contributed by atoms with Crippen LogP contribution in [0.3, 0.4) is 0 Å². The van der Waals surface area contributed by atoms with Gasteiger partial charge in [0.05, 0.1) is 23.7 Å². The van der Waals surface area contributed by atoms with Gasteiger partial charge < -0.3 is 9.64 Å². The highest BCUT2D eigenvalue weighted by molar-refractivity contribution is 6.33. The molecule has 0 saturated carbocycles. The molecule has 1 aliphatic rings. The number of benzene rings is 1.